The van der Waals surface area contributed by atoms with Crippen molar-refractivity contribution in [2.24, 2.45) is 11.3 Å². The van der Waals surface area contributed by atoms with E-state index in [1.807, 2.05) is 25.1 Å². The molecule has 1 aromatic rings. The van der Waals surface area contributed by atoms with Crippen LogP contribution in [-0.2, 0) is 16.0 Å². The van der Waals surface area contributed by atoms with Crippen LogP contribution in [0.2, 0.25) is 5.02 Å². The fraction of sp³-hybridized carbons (Fsp3) is 0.529. The van der Waals surface area contributed by atoms with Gasteiger partial charge in [0.1, 0.15) is 0 Å². The standard InChI is InChI=1S/C17H20ClNO3/c1-11-4-2-5-12(15(11)18)8-14(20)19-9-13-6-3-7-17(13,10-19)16(21)22/h2,4-5,13H,3,6-10H2,1H3,(H,21,22)/t13-,17+/m0/s1. The van der Waals surface area contributed by atoms with E-state index in [0.717, 1.165) is 24.0 Å². The first-order chi connectivity index (χ1) is 10.4. The molecule has 2 aliphatic rings. The highest BCUT2D eigenvalue weighted by molar-refractivity contribution is 6.32. The van der Waals surface area contributed by atoms with Crippen LogP contribution >= 0.6 is 11.6 Å². The molecule has 1 heterocycles. The Labute approximate surface area is 135 Å². The second-order valence-electron chi connectivity index (χ2n) is 6.55. The van der Waals surface area contributed by atoms with Crippen LogP contribution in [0.4, 0.5) is 0 Å². The van der Waals surface area contributed by atoms with Gasteiger partial charge in [0.25, 0.3) is 0 Å². The van der Waals surface area contributed by atoms with Gasteiger partial charge in [0.05, 0.1) is 11.8 Å². The quantitative estimate of drug-likeness (QED) is 0.931. The topological polar surface area (TPSA) is 57.6 Å². The Kier molecular flexibility index (Phi) is 3.89. The maximum atomic E-state index is 12.5. The molecule has 1 aliphatic heterocycles. The molecule has 1 N–H and O–H groups in total. The lowest BCUT2D eigenvalue weighted by Crippen LogP contribution is -2.37. The van der Waals surface area contributed by atoms with Crippen molar-refractivity contribution in [3.63, 3.8) is 0 Å². The summed E-state index contributed by atoms with van der Waals surface area (Å²) in [6, 6.07) is 5.66. The molecule has 0 spiro atoms. The van der Waals surface area contributed by atoms with Crippen molar-refractivity contribution in [2.45, 2.75) is 32.6 Å². The predicted octanol–water partition coefficient (Wildman–Crippen LogP) is 2.90. The summed E-state index contributed by atoms with van der Waals surface area (Å²) in [6.45, 7) is 2.82. The molecule has 22 heavy (non-hydrogen) atoms. The van der Waals surface area contributed by atoms with E-state index >= 15 is 0 Å². The van der Waals surface area contributed by atoms with Gasteiger partial charge in [0.2, 0.25) is 5.91 Å². The lowest BCUT2D eigenvalue weighted by atomic mass is 9.81. The maximum absolute atomic E-state index is 12.5. The number of aryl methyl sites for hydroxylation is 1. The molecule has 0 aromatic heterocycles. The first-order valence-corrected chi connectivity index (χ1v) is 8.07. The highest BCUT2D eigenvalue weighted by atomic mass is 35.5. The summed E-state index contributed by atoms with van der Waals surface area (Å²) in [7, 11) is 0. The van der Waals surface area contributed by atoms with Crippen LogP contribution in [0.25, 0.3) is 0 Å². The number of carboxylic acid groups (broad SMARTS) is 1. The van der Waals surface area contributed by atoms with Crippen molar-refractivity contribution in [2.75, 3.05) is 13.1 Å². The lowest BCUT2D eigenvalue weighted by Gasteiger charge is -2.23. The van der Waals surface area contributed by atoms with E-state index in [2.05, 4.69) is 0 Å². The minimum Gasteiger partial charge on any atom is -0.481 e. The maximum Gasteiger partial charge on any atom is 0.311 e. The molecule has 3 rings (SSSR count). The number of likely N-dealkylation sites (tertiary alicyclic amines) is 1. The lowest BCUT2D eigenvalue weighted by molar-refractivity contribution is -0.149. The van der Waals surface area contributed by atoms with E-state index in [1.54, 1.807) is 4.90 Å². The van der Waals surface area contributed by atoms with Gasteiger partial charge in [-0.15, -0.1) is 0 Å². The predicted molar refractivity (Wildman–Crippen MR) is 83.9 cm³/mol. The largest absolute Gasteiger partial charge is 0.481 e. The van der Waals surface area contributed by atoms with Crippen LogP contribution in [0, 0.1) is 18.3 Å². The first kappa shape index (κ1) is 15.3. The van der Waals surface area contributed by atoms with Crippen molar-refractivity contribution in [3.05, 3.63) is 34.3 Å². The summed E-state index contributed by atoms with van der Waals surface area (Å²) in [5, 5.41) is 10.2. The van der Waals surface area contributed by atoms with Crippen LogP contribution in [-0.4, -0.2) is 35.0 Å². The van der Waals surface area contributed by atoms with Gasteiger partial charge in [-0.3, -0.25) is 9.59 Å². The summed E-state index contributed by atoms with van der Waals surface area (Å²) in [6.07, 6.45) is 2.77. The summed E-state index contributed by atoms with van der Waals surface area (Å²) in [5.74, 6) is -0.677. The molecule has 0 bridgehead atoms. The number of benzene rings is 1. The summed E-state index contributed by atoms with van der Waals surface area (Å²) in [4.78, 5) is 25.9. The minimum absolute atomic E-state index is 0.0254. The number of aliphatic carboxylic acids is 1. The van der Waals surface area contributed by atoms with E-state index in [4.69, 9.17) is 11.6 Å². The Morgan fingerprint density at radius 3 is 2.91 bits per heavy atom. The molecule has 2 fully saturated rings. The van der Waals surface area contributed by atoms with Crippen LogP contribution in [0.15, 0.2) is 18.2 Å². The molecule has 4 nitrogen and oxygen atoms in total. The fourth-order valence-corrected chi connectivity index (χ4v) is 4.14. The monoisotopic (exact) mass is 321 g/mol. The average molecular weight is 322 g/mol. The molecular weight excluding hydrogens is 302 g/mol. The third kappa shape index (κ3) is 2.39. The number of nitrogens with zero attached hydrogens (tertiary/aromatic N) is 1. The Morgan fingerprint density at radius 2 is 2.23 bits per heavy atom. The van der Waals surface area contributed by atoms with Crippen molar-refractivity contribution in [1.29, 1.82) is 0 Å². The molecule has 1 saturated carbocycles. The highest BCUT2D eigenvalue weighted by Gasteiger charge is 2.55. The summed E-state index contributed by atoms with van der Waals surface area (Å²) < 4.78 is 0. The zero-order valence-corrected chi connectivity index (χ0v) is 13.4. The minimum atomic E-state index is -0.751. The zero-order valence-electron chi connectivity index (χ0n) is 12.6. The molecular formula is C17H20ClNO3. The van der Waals surface area contributed by atoms with Crippen LogP contribution in [0.3, 0.4) is 0 Å². The number of carboxylic acids is 1. The average Bonchev–Trinajstić information content (AvgIpc) is 3.01. The van der Waals surface area contributed by atoms with E-state index in [9.17, 15) is 14.7 Å². The number of halogens is 1. The van der Waals surface area contributed by atoms with Gasteiger partial charge in [-0.2, -0.15) is 0 Å². The van der Waals surface area contributed by atoms with Gasteiger partial charge < -0.3 is 10.0 Å². The molecule has 1 aromatic carbocycles. The van der Waals surface area contributed by atoms with E-state index < -0.39 is 11.4 Å². The number of hydrogen-bond donors (Lipinski definition) is 1. The third-order valence-corrected chi connectivity index (χ3v) is 5.80. The summed E-state index contributed by atoms with van der Waals surface area (Å²) in [5.41, 5.74) is 1.05. The van der Waals surface area contributed by atoms with E-state index in [0.29, 0.717) is 24.5 Å². The number of rotatable bonds is 3. The second kappa shape index (κ2) is 5.58. The van der Waals surface area contributed by atoms with Crippen molar-refractivity contribution in [3.8, 4) is 0 Å². The molecule has 1 saturated heterocycles. The van der Waals surface area contributed by atoms with Gasteiger partial charge in [0, 0.05) is 18.1 Å². The SMILES string of the molecule is Cc1cccc(CC(=O)N2C[C@@H]3CCC[C@@]3(C(=O)O)C2)c1Cl. The van der Waals surface area contributed by atoms with Crippen molar-refractivity contribution in [1.82, 2.24) is 4.90 Å². The van der Waals surface area contributed by atoms with Crippen molar-refractivity contribution >= 4 is 23.5 Å². The Balaban J connectivity index is 1.75. The van der Waals surface area contributed by atoms with Crippen LogP contribution in [0.5, 0.6) is 0 Å². The number of fused-ring (bicyclic) bond motifs is 1. The Morgan fingerprint density at radius 1 is 1.45 bits per heavy atom. The normalized spacial score (nSPS) is 27.0. The highest BCUT2D eigenvalue weighted by Crippen LogP contribution is 2.49. The molecule has 2 atom stereocenters. The Bertz CT molecular complexity index is 630. The molecule has 0 radical (unpaired) electrons. The number of carbonyl (C=O) groups is 2. The van der Waals surface area contributed by atoms with E-state index in [1.165, 1.54) is 0 Å². The van der Waals surface area contributed by atoms with Crippen LogP contribution < -0.4 is 0 Å². The smallest absolute Gasteiger partial charge is 0.311 e. The summed E-state index contributed by atoms with van der Waals surface area (Å²) >= 11 is 6.25. The third-order valence-electron chi connectivity index (χ3n) is 5.26. The van der Waals surface area contributed by atoms with Gasteiger partial charge in [-0.1, -0.05) is 36.2 Å². The first-order valence-electron chi connectivity index (χ1n) is 7.69. The van der Waals surface area contributed by atoms with Gasteiger partial charge in [0.15, 0.2) is 0 Å². The fourth-order valence-electron chi connectivity index (χ4n) is 3.95. The number of hydrogen-bond acceptors (Lipinski definition) is 2. The second-order valence-corrected chi connectivity index (χ2v) is 6.93. The van der Waals surface area contributed by atoms with Gasteiger partial charge in [-0.05, 0) is 36.8 Å². The van der Waals surface area contributed by atoms with E-state index in [-0.39, 0.29) is 18.2 Å². The van der Waals surface area contributed by atoms with Crippen LogP contribution in [0.1, 0.15) is 30.4 Å². The van der Waals surface area contributed by atoms with Gasteiger partial charge >= 0.3 is 5.97 Å². The molecule has 0 unspecified atom stereocenters. The van der Waals surface area contributed by atoms with Gasteiger partial charge in [-0.25, -0.2) is 0 Å². The molecule has 5 heteroatoms. The molecule has 118 valence electrons. The molecule has 1 amide bonds. The number of carbonyl (C=O) groups excluding carboxylic acids is 1. The Hall–Kier alpha value is -1.55. The molecule has 1 aliphatic carbocycles. The van der Waals surface area contributed by atoms with Crippen molar-refractivity contribution < 1.29 is 14.7 Å². The zero-order chi connectivity index (χ0) is 15.9. The number of amides is 1.